The number of nitrogen functional groups attached to an aromatic ring is 1. The maximum Gasteiger partial charge on any atom is 0.297 e. The molecule has 0 bridgehead atoms. The number of hydrogen-bond donors (Lipinski definition) is 2. The molecular weight excluding hydrogens is 434 g/mol. The number of aromatic nitrogens is 2. The summed E-state index contributed by atoms with van der Waals surface area (Å²) >= 11 is 6.78. The van der Waals surface area contributed by atoms with Crippen LogP contribution in [-0.4, -0.2) is 29.0 Å². The largest absolute Gasteiger partial charge is 0.488 e. The Labute approximate surface area is 148 Å². The molecule has 0 atom stereocenters. The van der Waals surface area contributed by atoms with E-state index >= 15 is 0 Å². The Balaban J connectivity index is 2.16. The van der Waals surface area contributed by atoms with Crippen LogP contribution in [0.2, 0.25) is 0 Å². The molecule has 0 fully saturated rings. The minimum absolute atomic E-state index is 0.113. The van der Waals surface area contributed by atoms with Crippen molar-refractivity contribution < 1.29 is 14.2 Å². The number of anilines is 1. The number of amides is 1. The number of ether oxygens (including phenoxy) is 1. The van der Waals surface area contributed by atoms with Crippen LogP contribution in [0.25, 0.3) is 0 Å². The lowest BCUT2D eigenvalue weighted by atomic mass is 10.2. The molecule has 0 spiro atoms. The van der Waals surface area contributed by atoms with E-state index in [1.54, 1.807) is 12.1 Å². The lowest BCUT2D eigenvalue weighted by Gasteiger charge is -2.10. The molecule has 120 valence electrons. The van der Waals surface area contributed by atoms with Gasteiger partial charge in [0.1, 0.15) is 12.4 Å². The summed E-state index contributed by atoms with van der Waals surface area (Å²) in [5, 5.41) is 10.5. The summed E-state index contributed by atoms with van der Waals surface area (Å²) in [7, 11) is 0. The first-order valence-electron chi connectivity index (χ1n) is 6.17. The Kier molecular flexibility index (Phi) is 5.88. The standard InChI is InChI=1S/C13H11Br2N5O3/c1-2-3-22-11-7(4-8(14)5-9(11)15)6-17-18-13(21)10-12(16)20-23-19-10/h2,4-6H,1,3H2,(H2,16,20)(H,18,21)/b17-6+. The molecule has 0 saturated carbocycles. The van der Waals surface area contributed by atoms with Crippen molar-refractivity contribution in [1.82, 2.24) is 15.7 Å². The topological polar surface area (TPSA) is 116 Å². The number of halogens is 2. The van der Waals surface area contributed by atoms with Crippen molar-refractivity contribution in [2.45, 2.75) is 0 Å². The zero-order chi connectivity index (χ0) is 16.8. The van der Waals surface area contributed by atoms with Crippen molar-refractivity contribution in [3.05, 3.63) is 45.0 Å². The third kappa shape index (κ3) is 4.39. The highest BCUT2D eigenvalue weighted by molar-refractivity contribution is 9.11. The molecule has 10 heteroatoms. The summed E-state index contributed by atoms with van der Waals surface area (Å²) in [5.41, 5.74) is 8.20. The van der Waals surface area contributed by atoms with E-state index in [1.165, 1.54) is 6.21 Å². The van der Waals surface area contributed by atoms with E-state index in [2.05, 4.69) is 63.9 Å². The molecule has 0 saturated heterocycles. The van der Waals surface area contributed by atoms with E-state index in [0.717, 1.165) is 8.95 Å². The van der Waals surface area contributed by atoms with Crippen LogP contribution in [0.3, 0.4) is 0 Å². The molecule has 1 amide bonds. The van der Waals surface area contributed by atoms with Gasteiger partial charge in [-0.3, -0.25) is 4.79 Å². The van der Waals surface area contributed by atoms with E-state index in [1.807, 2.05) is 6.07 Å². The number of hydrogen-bond acceptors (Lipinski definition) is 7. The van der Waals surface area contributed by atoms with Crippen LogP contribution in [-0.2, 0) is 0 Å². The molecule has 2 rings (SSSR count). The lowest BCUT2D eigenvalue weighted by molar-refractivity contribution is 0.0946. The van der Waals surface area contributed by atoms with Crippen LogP contribution in [0.1, 0.15) is 16.1 Å². The molecule has 23 heavy (non-hydrogen) atoms. The molecule has 1 heterocycles. The van der Waals surface area contributed by atoms with Crippen LogP contribution in [0.15, 0.2) is 43.5 Å². The number of carbonyl (C=O) groups excluding carboxylic acids is 1. The van der Waals surface area contributed by atoms with Crippen LogP contribution >= 0.6 is 31.9 Å². The molecule has 2 aromatic rings. The van der Waals surface area contributed by atoms with Crippen molar-refractivity contribution in [3.63, 3.8) is 0 Å². The van der Waals surface area contributed by atoms with Gasteiger partial charge in [0.2, 0.25) is 11.5 Å². The fourth-order valence-corrected chi connectivity index (χ4v) is 2.91. The third-order valence-electron chi connectivity index (χ3n) is 2.48. The first-order valence-corrected chi connectivity index (χ1v) is 7.75. The average molecular weight is 445 g/mol. The summed E-state index contributed by atoms with van der Waals surface area (Å²) in [6, 6.07) is 3.61. The Morgan fingerprint density at radius 2 is 2.26 bits per heavy atom. The SMILES string of the molecule is C=CCOc1c(Br)cc(Br)cc1/C=N/NC(=O)c1nonc1N. The van der Waals surface area contributed by atoms with E-state index in [0.29, 0.717) is 17.9 Å². The van der Waals surface area contributed by atoms with Gasteiger partial charge in [0, 0.05) is 10.0 Å². The van der Waals surface area contributed by atoms with Gasteiger partial charge in [-0.1, -0.05) is 28.6 Å². The van der Waals surface area contributed by atoms with Gasteiger partial charge in [-0.05, 0) is 38.4 Å². The number of benzene rings is 1. The second-order valence-electron chi connectivity index (χ2n) is 4.10. The Morgan fingerprint density at radius 3 is 2.91 bits per heavy atom. The van der Waals surface area contributed by atoms with E-state index in [9.17, 15) is 4.79 Å². The lowest BCUT2D eigenvalue weighted by Crippen LogP contribution is -2.19. The minimum atomic E-state index is -0.636. The normalized spacial score (nSPS) is 10.7. The van der Waals surface area contributed by atoms with Crippen molar-refractivity contribution in [3.8, 4) is 5.75 Å². The van der Waals surface area contributed by atoms with Crippen LogP contribution in [0, 0.1) is 0 Å². The minimum Gasteiger partial charge on any atom is -0.488 e. The highest BCUT2D eigenvalue weighted by Crippen LogP contribution is 2.32. The van der Waals surface area contributed by atoms with Crippen LogP contribution in [0.5, 0.6) is 5.75 Å². The molecule has 0 radical (unpaired) electrons. The van der Waals surface area contributed by atoms with Crippen molar-refractivity contribution in [2.75, 3.05) is 12.3 Å². The van der Waals surface area contributed by atoms with E-state index in [-0.39, 0.29) is 11.5 Å². The van der Waals surface area contributed by atoms with Gasteiger partial charge in [-0.15, -0.1) is 0 Å². The van der Waals surface area contributed by atoms with Gasteiger partial charge in [0.15, 0.2) is 0 Å². The number of hydrazone groups is 1. The smallest absolute Gasteiger partial charge is 0.297 e. The number of nitrogens with two attached hydrogens (primary N) is 1. The molecule has 8 nitrogen and oxygen atoms in total. The Hall–Kier alpha value is -2.20. The summed E-state index contributed by atoms with van der Waals surface area (Å²) < 4.78 is 11.5. The third-order valence-corrected chi connectivity index (χ3v) is 3.53. The summed E-state index contributed by atoms with van der Waals surface area (Å²) in [6.07, 6.45) is 3.05. The van der Waals surface area contributed by atoms with Crippen molar-refractivity contribution >= 4 is 49.8 Å². The zero-order valence-electron chi connectivity index (χ0n) is 11.6. The first kappa shape index (κ1) is 17.2. The maximum atomic E-state index is 11.8. The fraction of sp³-hybridized carbons (Fsp3) is 0.0769. The predicted molar refractivity (Wildman–Crippen MR) is 91.3 cm³/mol. The van der Waals surface area contributed by atoms with Gasteiger partial charge < -0.3 is 10.5 Å². The first-order chi connectivity index (χ1) is 11.0. The summed E-state index contributed by atoms with van der Waals surface area (Å²) in [5.74, 6) is -0.186. The summed E-state index contributed by atoms with van der Waals surface area (Å²) in [6.45, 7) is 3.93. The number of nitrogens with zero attached hydrogens (tertiary/aromatic N) is 3. The highest BCUT2D eigenvalue weighted by Gasteiger charge is 2.15. The highest BCUT2D eigenvalue weighted by atomic mass is 79.9. The molecule has 0 aliphatic carbocycles. The van der Waals surface area contributed by atoms with Gasteiger partial charge in [-0.2, -0.15) is 5.10 Å². The Morgan fingerprint density at radius 1 is 1.48 bits per heavy atom. The zero-order valence-corrected chi connectivity index (χ0v) is 14.8. The monoisotopic (exact) mass is 443 g/mol. The van der Waals surface area contributed by atoms with E-state index < -0.39 is 5.91 Å². The molecule has 1 aromatic carbocycles. The van der Waals surface area contributed by atoms with Gasteiger partial charge >= 0.3 is 0 Å². The van der Waals surface area contributed by atoms with Gasteiger partial charge in [-0.25, -0.2) is 10.1 Å². The fourth-order valence-electron chi connectivity index (χ4n) is 1.54. The molecule has 0 aliphatic heterocycles. The molecule has 1 aromatic heterocycles. The van der Waals surface area contributed by atoms with Gasteiger partial charge in [0.05, 0.1) is 10.7 Å². The molecule has 3 N–H and O–H groups in total. The second-order valence-corrected chi connectivity index (χ2v) is 5.87. The van der Waals surface area contributed by atoms with Crippen molar-refractivity contribution in [2.24, 2.45) is 5.10 Å². The quantitative estimate of drug-likeness (QED) is 0.401. The second kappa shape index (κ2) is 7.88. The summed E-state index contributed by atoms with van der Waals surface area (Å²) in [4.78, 5) is 11.8. The van der Waals surface area contributed by atoms with Crippen molar-refractivity contribution in [1.29, 1.82) is 0 Å². The average Bonchev–Trinajstić information content (AvgIpc) is 2.92. The Bertz CT molecular complexity index is 760. The maximum absolute atomic E-state index is 11.8. The van der Waals surface area contributed by atoms with Gasteiger partial charge in [0.25, 0.3) is 5.91 Å². The van der Waals surface area contributed by atoms with E-state index in [4.69, 9.17) is 10.5 Å². The van der Waals surface area contributed by atoms with Crippen LogP contribution in [0.4, 0.5) is 5.82 Å². The predicted octanol–water partition coefficient (Wildman–Crippen LogP) is 2.51. The number of nitrogens with one attached hydrogen (secondary N) is 1. The molecule has 0 aliphatic rings. The number of carbonyl (C=O) groups is 1. The molecular formula is C13H11Br2N5O3. The molecule has 0 unspecified atom stereocenters. The number of rotatable bonds is 6. The van der Waals surface area contributed by atoms with Crippen LogP contribution < -0.4 is 15.9 Å².